The highest BCUT2D eigenvalue weighted by Gasteiger charge is 2.60. The summed E-state index contributed by atoms with van der Waals surface area (Å²) in [5.41, 5.74) is 5.25. The van der Waals surface area contributed by atoms with Crippen LogP contribution < -0.4 is 16.0 Å². The smallest absolute Gasteiger partial charge is 0.373 e. The lowest BCUT2D eigenvalue weighted by atomic mass is 10.1. The lowest BCUT2D eigenvalue weighted by Gasteiger charge is -2.48. The summed E-state index contributed by atoms with van der Waals surface area (Å²) in [6.45, 7) is 20.5. The molecule has 1 heterocycles. The Bertz CT molecular complexity index is 936. The molecule has 0 fully saturated rings. The minimum absolute atomic E-state index is 0.321. The molecule has 0 aliphatic heterocycles. The van der Waals surface area contributed by atoms with E-state index in [0.29, 0.717) is 64.6 Å². The molecule has 0 aliphatic rings. The molecule has 1 aromatic rings. The maximum absolute atomic E-state index is 6.79. The van der Waals surface area contributed by atoms with Crippen molar-refractivity contribution in [3.8, 4) is 0 Å². The van der Waals surface area contributed by atoms with Gasteiger partial charge in [0.25, 0.3) is 0 Å². The number of nitrogens with zero attached hydrogens (tertiary/aromatic N) is 4. The van der Waals surface area contributed by atoms with Crippen LogP contribution in [-0.4, -0.2) is 96.6 Å². The molecule has 0 radical (unpaired) electrons. The maximum atomic E-state index is 6.79. The second kappa shape index (κ2) is 33.7. The lowest BCUT2D eigenvalue weighted by molar-refractivity contribution is 0.0489. The summed E-state index contributed by atoms with van der Waals surface area (Å²) in [6.07, 6.45) is 25.3. The van der Waals surface area contributed by atoms with Crippen molar-refractivity contribution in [2.75, 3.05) is 62.9 Å². The van der Waals surface area contributed by atoms with Gasteiger partial charge in [0.1, 0.15) is 17.7 Å². The van der Waals surface area contributed by atoms with E-state index in [-0.39, 0.29) is 11.3 Å². The van der Waals surface area contributed by atoms with Crippen LogP contribution in [0.25, 0.3) is 0 Å². The van der Waals surface area contributed by atoms with E-state index in [1.165, 1.54) is 89.9 Å². The van der Waals surface area contributed by atoms with Crippen LogP contribution in [0.3, 0.4) is 0 Å². The monoisotopic (exact) mass is 815 g/mol. The van der Waals surface area contributed by atoms with Gasteiger partial charge in [-0.2, -0.15) is 4.98 Å². The molecular formula is C41H86N6O6Si2. The lowest BCUT2D eigenvalue weighted by Crippen LogP contribution is -2.72. The van der Waals surface area contributed by atoms with E-state index in [1.54, 1.807) is 6.33 Å². The minimum Gasteiger partial charge on any atom is -0.373 e. The fourth-order valence-corrected chi connectivity index (χ4v) is 14.1. The van der Waals surface area contributed by atoms with Gasteiger partial charge in [-0.3, -0.25) is 0 Å². The number of rotatable bonds is 40. The molecule has 2 unspecified atom stereocenters. The van der Waals surface area contributed by atoms with E-state index < -0.39 is 17.6 Å². The van der Waals surface area contributed by atoms with E-state index in [0.717, 1.165) is 38.5 Å². The number of hydrogen-bond donors (Lipinski definition) is 2. The van der Waals surface area contributed by atoms with E-state index >= 15 is 0 Å². The van der Waals surface area contributed by atoms with Gasteiger partial charge >= 0.3 is 17.6 Å². The minimum atomic E-state index is -3.45. The van der Waals surface area contributed by atoms with Gasteiger partial charge in [0.2, 0.25) is 11.9 Å². The van der Waals surface area contributed by atoms with Gasteiger partial charge in [0.05, 0.1) is 0 Å². The molecule has 14 heteroatoms. The summed E-state index contributed by atoms with van der Waals surface area (Å²) < 4.78 is 40.7. The van der Waals surface area contributed by atoms with Crippen molar-refractivity contribution in [1.82, 2.24) is 15.0 Å². The van der Waals surface area contributed by atoms with Crippen LogP contribution in [0.4, 0.5) is 11.9 Å². The molecule has 0 amide bonds. The number of aromatic nitrogens is 3. The highest BCUT2D eigenvalue weighted by atomic mass is 28.4. The topological polar surface area (TPSA) is 135 Å². The van der Waals surface area contributed by atoms with Crippen LogP contribution in [0.2, 0.25) is 0 Å². The molecular weight excluding hydrogens is 729 g/mol. The van der Waals surface area contributed by atoms with Crippen molar-refractivity contribution in [1.29, 1.82) is 0 Å². The summed E-state index contributed by atoms with van der Waals surface area (Å²) >= 11 is 0. The van der Waals surface area contributed by atoms with E-state index in [1.807, 2.05) is 41.5 Å². The summed E-state index contributed by atoms with van der Waals surface area (Å²) in [5, 5.41) is 3.29. The van der Waals surface area contributed by atoms with Gasteiger partial charge in [0, 0.05) is 52.7 Å². The first kappa shape index (κ1) is 51.8. The van der Waals surface area contributed by atoms with E-state index in [4.69, 9.17) is 42.3 Å². The average molecular weight is 815 g/mol. The largest absolute Gasteiger partial charge is 0.524 e. The Labute approximate surface area is 340 Å². The van der Waals surface area contributed by atoms with Gasteiger partial charge in [-0.15, -0.1) is 0 Å². The zero-order chi connectivity index (χ0) is 40.5. The number of anilines is 2. The summed E-state index contributed by atoms with van der Waals surface area (Å²) in [6, 6.07) is 0. The molecule has 55 heavy (non-hydrogen) atoms. The van der Waals surface area contributed by atoms with Gasteiger partial charge in [-0.25, -0.2) is 9.97 Å². The van der Waals surface area contributed by atoms with E-state index in [2.05, 4.69) is 29.0 Å². The predicted molar refractivity (Wildman–Crippen MR) is 232 cm³/mol. The number of nitrogens with one attached hydrogen (secondary N) is 1. The molecule has 0 aliphatic carbocycles. The number of hydrogen-bond acceptors (Lipinski definition) is 12. The predicted octanol–water partition coefficient (Wildman–Crippen LogP) is 9.80. The molecule has 1 aromatic heterocycles. The summed E-state index contributed by atoms with van der Waals surface area (Å²) in [5.74, 6) is 0.987. The summed E-state index contributed by atoms with van der Waals surface area (Å²) in [4.78, 5) is 16.8. The van der Waals surface area contributed by atoms with Gasteiger partial charge < -0.3 is 42.5 Å². The quantitative estimate of drug-likeness (QED) is 0.0482. The van der Waals surface area contributed by atoms with Crippen molar-refractivity contribution in [3.05, 3.63) is 6.33 Å². The van der Waals surface area contributed by atoms with E-state index in [9.17, 15) is 0 Å². The zero-order valence-electron chi connectivity index (χ0n) is 36.8. The molecule has 0 saturated carbocycles. The highest BCUT2D eigenvalue weighted by Crippen LogP contribution is 2.36. The second-order valence-electron chi connectivity index (χ2n) is 14.3. The molecule has 3 N–H and O–H groups in total. The van der Waals surface area contributed by atoms with Crippen molar-refractivity contribution in [3.63, 3.8) is 0 Å². The molecule has 12 nitrogen and oxygen atoms in total. The SMILES string of the molecule is CCCCCCCCCCCC(N(c1ncnc(NCCN)n1)C(CCCCCCCCCCC)[Si](OCC)(OCC)OCC)[Si](OCC)(OCC)OCC. The Morgan fingerprint density at radius 1 is 0.527 bits per heavy atom. The summed E-state index contributed by atoms with van der Waals surface area (Å²) in [7, 11) is -6.90. The standard InChI is InChI=1S/C41H86N6O6Si2/c1-9-17-19-21-23-25-27-29-31-33-38(54(48-11-3,49-12-4)50-13-5)47(41-45-37-44-40(46-41)43-36-35-42)39(55(51-14-6,52-15-7)53-16-8)34-32-30-28-26-24-22-20-18-10-2/h37-39H,9-36,42H2,1-8H3,(H,43,44,45,46). The third-order valence-corrected chi connectivity index (χ3v) is 16.9. The second-order valence-corrected chi connectivity index (χ2v) is 19.8. The molecule has 0 aromatic carbocycles. The Morgan fingerprint density at radius 3 is 1.20 bits per heavy atom. The Hall–Kier alpha value is -1.24. The maximum Gasteiger partial charge on any atom is 0.524 e. The van der Waals surface area contributed by atoms with Crippen LogP contribution in [0, 0.1) is 0 Å². The van der Waals surface area contributed by atoms with Gasteiger partial charge in [-0.1, -0.05) is 129 Å². The highest BCUT2D eigenvalue weighted by molar-refractivity contribution is 6.65. The van der Waals surface area contributed by atoms with Crippen molar-refractivity contribution in [2.45, 2.75) is 195 Å². The third-order valence-electron chi connectivity index (χ3n) is 9.94. The zero-order valence-corrected chi connectivity index (χ0v) is 38.8. The first-order valence-corrected chi connectivity index (χ1v) is 26.3. The Balaban J connectivity index is 3.87. The van der Waals surface area contributed by atoms with Crippen LogP contribution in [0.5, 0.6) is 0 Å². The molecule has 0 spiro atoms. The van der Waals surface area contributed by atoms with Crippen molar-refractivity contribution in [2.24, 2.45) is 5.73 Å². The van der Waals surface area contributed by atoms with Crippen molar-refractivity contribution < 1.29 is 26.6 Å². The first-order valence-electron chi connectivity index (χ1n) is 22.7. The normalized spacial score (nSPS) is 13.3. The molecule has 0 bridgehead atoms. The number of nitrogens with two attached hydrogens (primary N) is 1. The van der Waals surface area contributed by atoms with Crippen LogP contribution >= 0.6 is 0 Å². The van der Waals surface area contributed by atoms with Crippen LogP contribution in [-0.2, 0) is 26.6 Å². The third kappa shape index (κ3) is 19.9. The fourth-order valence-electron chi connectivity index (χ4n) is 7.48. The Morgan fingerprint density at radius 2 is 0.873 bits per heavy atom. The Kier molecular flexibility index (Phi) is 31.7. The average Bonchev–Trinajstić information content (AvgIpc) is 3.18. The first-order chi connectivity index (χ1) is 26.9. The number of unbranched alkanes of at least 4 members (excludes halogenated alkanes) is 16. The molecule has 0 saturated heterocycles. The van der Waals surface area contributed by atoms with Gasteiger partial charge in [0.15, 0.2) is 0 Å². The molecule has 2 atom stereocenters. The molecule has 324 valence electrons. The van der Waals surface area contributed by atoms with Crippen LogP contribution in [0.15, 0.2) is 6.33 Å². The fraction of sp³-hybridized carbons (Fsp3) is 0.927. The van der Waals surface area contributed by atoms with Gasteiger partial charge in [-0.05, 0) is 54.4 Å². The van der Waals surface area contributed by atoms with Crippen molar-refractivity contribution >= 4 is 29.5 Å². The molecule has 1 rings (SSSR count). The van der Waals surface area contributed by atoms with Crippen LogP contribution in [0.1, 0.15) is 184 Å².